The van der Waals surface area contributed by atoms with Crippen LogP contribution < -0.4 is 26.0 Å². The minimum atomic E-state index is -0.478. The zero-order valence-electron chi connectivity index (χ0n) is 19.4. The second-order valence-electron chi connectivity index (χ2n) is 7.78. The zero-order chi connectivity index (χ0) is 24.5. The third kappa shape index (κ3) is 6.33. The van der Waals surface area contributed by atoms with Gasteiger partial charge in [0, 0.05) is 24.3 Å². The lowest BCUT2D eigenvalue weighted by Gasteiger charge is -2.17. The highest BCUT2D eigenvalue weighted by Gasteiger charge is 2.31. The van der Waals surface area contributed by atoms with E-state index >= 15 is 0 Å². The van der Waals surface area contributed by atoms with Crippen molar-refractivity contribution in [3.8, 4) is 6.01 Å². The number of unbranched alkanes of at least 4 members (excludes halogenated alkanes) is 2. The zero-order valence-corrected chi connectivity index (χ0v) is 19.4. The monoisotopic (exact) mass is 470 g/mol. The van der Waals surface area contributed by atoms with Gasteiger partial charge in [0.1, 0.15) is 11.6 Å². The fourth-order valence-electron chi connectivity index (χ4n) is 3.44. The van der Waals surface area contributed by atoms with Crippen LogP contribution in [0.5, 0.6) is 6.01 Å². The fraction of sp³-hybridized carbons (Fsp3) is 0.435. The third-order valence-electron chi connectivity index (χ3n) is 5.25. The Kier molecular flexibility index (Phi) is 8.60. The summed E-state index contributed by atoms with van der Waals surface area (Å²) in [5, 5.41) is 5.44. The Morgan fingerprint density at radius 1 is 1.21 bits per heavy atom. The van der Waals surface area contributed by atoms with Gasteiger partial charge >= 0.3 is 18.0 Å². The van der Waals surface area contributed by atoms with E-state index in [-0.39, 0.29) is 30.2 Å². The number of hydrogen-bond acceptors (Lipinski definition) is 8. The maximum atomic E-state index is 12.5. The van der Waals surface area contributed by atoms with Gasteiger partial charge in [0.2, 0.25) is 5.91 Å². The Balaban J connectivity index is 1.46. The molecule has 0 unspecified atom stereocenters. The maximum Gasteiger partial charge on any atom is 0.337 e. The normalized spacial score (nSPS) is 12.3. The number of benzene rings is 1. The van der Waals surface area contributed by atoms with Crippen LogP contribution in [0.3, 0.4) is 0 Å². The Bertz CT molecular complexity index is 1040. The van der Waals surface area contributed by atoms with Crippen molar-refractivity contribution in [2.45, 2.75) is 39.0 Å². The van der Waals surface area contributed by atoms with E-state index in [1.807, 2.05) is 0 Å². The lowest BCUT2D eigenvalue weighted by molar-refractivity contribution is -0.117. The molecule has 3 rings (SSSR count). The molecule has 0 atom stereocenters. The molecule has 0 fully saturated rings. The van der Waals surface area contributed by atoms with E-state index in [1.165, 1.54) is 13.2 Å². The molecule has 11 heteroatoms. The number of hydrogen-bond donors (Lipinski definition) is 3. The van der Waals surface area contributed by atoms with Gasteiger partial charge in [-0.05, 0) is 37.5 Å². The quantitative estimate of drug-likeness (QED) is 0.335. The number of nitrogen functional groups attached to an aromatic ring is 1. The molecule has 3 amide bonds. The molecule has 0 bridgehead atoms. The van der Waals surface area contributed by atoms with Crippen molar-refractivity contribution in [3.05, 3.63) is 35.4 Å². The summed E-state index contributed by atoms with van der Waals surface area (Å²) in [4.78, 5) is 46.4. The summed E-state index contributed by atoms with van der Waals surface area (Å²) in [7, 11) is 1.30. The number of nitrogens with zero attached hydrogens (tertiary/aromatic N) is 3. The van der Waals surface area contributed by atoms with Gasteiger partial charge in [-0.2, -0.15) is 9.97 Å². The summed E-state index contributed by atoms with van der Waals surface area (Å²) in [6.07, 6.45) is 3.33. The number of carbonyl (C=O) groups excluding carboxylic acids is 3. The van der Waals surface area contributed by atoms with Gasteiger partial charge in [0.25, 0.3) is 0 Å². The number of nitrogens with two attached hydrogens (primary N) is 1. The fourth-order valence-corrected chi connectivity index (χ4v) is 3.44. The first kappa shape index (κ1) is 24.7. The van der Waals surface area contributed by atoms with E-state index in [4.69, 9.17) is 10.5 Å². The Morgan fingerprint density at radius 2 is 2.03 bits per heavy atom. The molecule has 34 heavy (non-hydrogen) atoms. The second-order valence-corrected chi connectivity index (χ2v) is 7.78. The van der Waals surface area contributed by atoms with Crippen LogP contribution in [0.2, 0.25) is 0 Å². The summed E-state index contributed by atoms with van der Waals surface area (Å²) >= 11 is 0. The van der Waals surface area contributed by atoms with Crippen molar-refractivity contribution in [1.82, 2.24) is 15.3 Å². The highest BCUT2D eigenvalue weighted by atomic mass is 16.5. The number of aromatic nitrogens is 2. The maximum absolute atomic E-state index is 12.5. The SMILES string of the molecule is CCCCOc1nc(N)c2c(n1)N(CCCCNC(=O)Nc1cccc(C(=O)OC)c1)C(=O)C2. The molecule has 0 spiro atoms. The molecule has 1 aromatic heterocycles. The summed E-state index contributed by atoms with van der Waals surface area (Å²) in [6.45, 7) is 3.40. The molecule has 0 saturated heterocycles. The van der Waals surface area contributed by atoms with Gasteiger partial charge < -0.3 is 25.8 Å². The molecule has 11 nitrogen and oxygen atoms in total. The standard InChI is InChI=1S/C23H30N6O5/c1-3-4-12-34-23-27-19(24)17-14-18(30)29(20(17)28-23)11-6-5-10-25-22(32)26-16-9-7-8-15(13-16)21(31)33-2/h7-9,13H,3-6,10-12,14H2,1-2H3,(H2,24,27,28)(H2,25,26,32). The predicted octanol–water partition coefficient (Wildman–Crippen LogP) is 2.52. The van der Waals surface area contributed by atoms with Gasteiger partial charge in [0.05, 0.1) is 25.7 Å². The van der Waals surface area contributed by atoms with E-state index in [2.05, 4.69) is 32.3 Å². The minimum absolute atomic E-state index is 0.0853. The Morgan fingerprint density at radius 3 is 2.79 bits per heavy atom. The summed E-state index contributed by atoms with van der Waals surface area (Å²) in [5.41, 5.74) is 7.47. The Hall–Kier alpha value is -3.89. The smallest absolute Gasteiger partial charge is 0.337 e. The number of esters is 1. The minimum Gasteiger partial charge on any atom is -0.465 e. The molecule has 0 saturated carbocycles. The van der Waals surface area contributed by atoms with Crippen molar-refractivity contribution < 1.29 is 23.9 Å². The van der Waals surface area contributed by atoms with Crippen molar-refractivity contribution in [1.29, 1.82) is 0 Å². The summed E-state index contributed by atoms with van der Waals surface area (Å²) in [5.74, 6) is 0.203. The lowest BCUT2D eigenvalue weighted by atomic mass is 10.2. The first-order chi connectivity index (χ1) is 16.4. The number of fused-ring (bicyclic) bond motifs is 1. The van der Waals surface area contributed by atoms with Gasteiger partial charge in [-0.3, -0.25) is 9.69 Å². The number of carbonyl (C=O) groups is 3. The predicted molar refractivity (Wildman–Crippen MR) is 127 cm³/mol. The molecule has 182 valence electrons. The van der Waals surface area contributed by atoms with Crippen LogP contribution in [0.25, 0.3) is 0 Å². The van der Waals surface area contributed by atoms with E-state index in [9.17, 15) is 14.4 Å². The lowest BCUT2D eigenvalue weighted by Crippen LogP contribution is -2.31. The number of nitrogens with one attached hydrogen (secondary N) is 2. The van der Waals surface area contributed by atoms with Crippen LogP contribution in [0.15, 0.2) is 24.3 Å². The summed E-state index contributed by atoms with van der Waals surface area (Å²) < 4.78 is 10.2. The first-order valence-corrected chi connectivity index (χ1v) is 11.3. The average Bonchev–Trinajstić information content (AvgIpc) is 3.14. The molecule has 1 aliphatic heterocycles. The molecule has 2 heterocycles. The van der Waals surface area contributed by atoms with Crippen LogP contribution in [-0.2, 0) is 16.0 Å². The highest BCUT2D eigenvalue weighted by Crippen LogP contribution is 2.32. The van der Waals surface area contributed by atoms with E-state index in [0.29, 0.717) is 55.2 Å². The van der Waals surface area contributed by atoms with Crippen LogP contribution in [0.4, 0.5) is 22.1 Å². The number of methoxy groups -OCH3 is 1. The molecule has 2 aromatic rings. The van der Waals surface area contributed by atoms with E-state index < -0.39 is 5.97 Å². The number of urea groups is 1. The van der Waals surface area contributed by atoms with Crippen molar-refractivity contribution in [2.24, 2.45) is 0 Å². The van der Waals surface area contributed by atoms with Crippen LogP contribution in [-0.4, -0.2) is 54.7 Å². The van der Waals surface area contributed by atoms with Crippen molar-refractivity contribution in [3.63, 3.8) is 0 Å². The number of anilines is 3. The number of rotatable bonds is 11. The molecule has 4 N–H and O–H groups in total. The second kappa shape index (κ2) is 11.8. The summed E-state index contributed by atoms with van der Waals surface area (Å²) in [6, 6.07) is 6.26. The number of amides is 3. The van der Waals surface area contributed by atoms with Crippen LogP contribution in [0, 0.1) is 0 Å². The van der Waals surface area contributed by atoms with Crippen LogP contribution >= 0.6 is 0 Å². The van der Waals surface area contributed by atoms with Crippen molar-refractivity contribution >= 4 is 35.2 Å². The van der Waals surface area contributed by atoms with Gasteiger partial charge in [-0.25, -0.2) is 9.59 Å². The van der Waals surface area contributed by atoms with Crippen LogP contribution in [0.1, 0.15) is 48.5 Å². The topological polar surface area (TPSA) is 149 Å². The van der Waals surface area contributed by atoms with E-state index in [1.54, 1.807) is 23.1 Å². The van der Waals surface area contributed by atoms with Gasteiger partial charge in [-0.1, -0.05) is 19.4 Å². The highest BCUT2D eigenvalue weighted by molar-refractivity contribution is 6.01. The molecular formula is C23H30N6O5. The van der Waals surface area contributed by atoms with Gasteiger partial charge in [0.15, 0.2) is 0 Å². The van der Waals surface area contributed by atoms with Gasteiger partial charge in [-0.15, -0.1) is 0 Å². The molecule has 0 aliphatic carbocycles. The number of ether oxygens (including phenoxy) is 2. The average molecular weight is 471 g/mol. The first-order valence-electron chi connectivity index (χ1n) is 11.3. The third-order valence-corrected chi connectivity index (χ3v) is 5.25. The molecule has 1 aliphatic rings. The molecule has 0 radical (unpaired) electrons. The Labute approximate surface area is 198 Å². The largest absolute Gasteiger partial charge is 0.465 e. The molecular weight excluding hydrogens is 440 g/mol. The van der Waals surface area contributed by atoms with E-state index in [0.717, 1.165) is 12.8 Å². The molecule has 1 aromatic carbocycles. The van der Waals surface area contributed by atoms with Crippen molar-refractivity contribution in [2.75, 3.05) is 42.8 Å².